The summed E-state index contributed by atoms with van der Waals surface area (Å²) in [6.07, 6.45) is -0.416. The number of hydrogen-bond acceptors (Lipinski definition) is 15. The fourth-order valence-corrected chi connectivity index (χ4v) is 3.84. The van der Waals surface area contributed by atoms with Crippen molar-refractivity contribution < 1.29 is 76.5 Å². The van der Waals surface area contributed by atoms with Crippen molar-refractivity contribution in [2.24, 2.45) is 5.73 Å². The maximum atomic E-state index is 12.3. The molecule has 0 radical (unpaired) electrons. The predicted octanol–water partition coefficient (Wildman–Crippen LogP) is -1.30. The zero-order valence-corrected chi connectivity index (χ0v) is 32.3. The Morgan fingerprint density at radius 1 is 0.537 bits per heavy atom. The van der Waals surface area contributed by atoms with Gasteiger partial charge in [0.1, 0.15) is 23.7 Å². The molecular formula is C34H62N4O16. The highest BCUT2D eigenvalue weighted by atomic mass is 16.6. The molecule has 0 spiro atoms. The van der Waals surface area contributed by atoms with Crippen LogP contribution in [0.1, 0.15) is 53.9 Å². The summed E-state index contributed by atoms with van der Waals surface area (Å²) in [5, 5.41) is 16.1. The van der Waals surface area contributed by atoms with Gasteiger partial charge in [0, 0.05) is 6.42 Å². The van der Waals surface area contributed by atoms with E-state index in [1.165, 1.54) is 13.8 Å². The molecule has 20 nitrogen and oxygen atoms in total. The molecule has 0 saturated heterocycles. The molecule has 0 unspecified atom stereocenters. The molecule has 0 aliphatic carbocycles. The summed E-state index contributed by atoms with van der Waals surface area (Å²) in [7, 11) is 0. The molecule has 0 aliphatic heterocycles. The van der Waals surface area contributed by atoms with E-state index < -0.39 is 59.7 Å². The molecule has 0 aliphatic rings. The summed E-state index contributed by atoms with van der Waals surface area (Å²) in [6.45, 7) is 14.1. The number of esters is 1. The fourth-order valence-electron chi connectivity index (χ4n) is 3.84. The summed E-state index contributed by atoms with van der Waals surface area (Å²) < 4.78 is 48.5. The Hall–Kier alpha value is -3.50. The first-order valence-corrected chi connectivity index (χ1v) is 17.9. The van der Waals surface area contributed by atoms with Crippen molar-refractivity contribution in [3.63, 3.8) is 0 Å². The Kier molecular flexibility index (Phi) is 29.7. The Bertz CT molecular complexity index is 1070. The number of carboxylic acids is 1. The van der Waals surface area contributed by atoms with E-state index in [1.54, 1.807) is 0 Å². The molecule has 0 rings (SSSR count). The molecular weight excluding hydrogens is 720 g/mol. The standard InChI is InChI=1S/C34H62N4O16/c1-25(31(42)37-26(2)32(43)38-27(33(44)45)24-28(35)39)36-29(40)6-8-46-10-12-48-14-16-50-18-20-52-22-23-53-21-19-51-17-15-49-13-11-47-9-7-30(41)54-34(3,4)5/h25-27H,6-24H2,1-5H3,(H2,35,39)(H,36,40)(H,37,42)(H,38,43)(H,44,45)/t25-,26-,27-/m0/s1. The van der Waals surface area contributed by atoms with E-state index in [0.717, 1.165) is 0 Å². The van der Waals surface area contributed by atoms with Crippen LogP contribution in [0.25, 0.3) is 0 Å². The monoisotopic (exact) mass is 782 g/mol. The largest absolute Gasteiger partial charge is 0.480 e. The molecule has 20 heteroatoms. The van der Waals surface area contributed by atoms with Crippen molar-refractivity contribution in [1.29, 1.82) is 0 Å². The maximum absolute atomic E-state index is 12.3. The Morgan fingerprint density at radius 3 is 1.22 bits per heavy atom. The second kappa shape index (κ2) is 31.8. The summed E-state index contributed by atoms with van der Waals surface area (Å²) >= 11 is 0. The Balaban J connectivity index is 3.54. The molecule has 0 aromatic heterocycles. The minimum atomic E-state index is -1.53. The van der Waals surface area contributed by atoms with Crippen molar-refractivity contribution in [1.82, 2.24) is 16.0 Å². The summed E-state index contributed by atoms with van der Waals surface area (Å²) in [5.41, 5.74) is 4.49. The molecule has 0 heterocycles. The van der Waals surface area contributed by atoms with E-state index in [2.05, 4.69) is 16.0 Å². The van der Waals surface area contributed by atoms with Crippen molar-refractivity contribution in [3.8, 4) is 0 Å². The van der Waals surface area contributed by atoms with Gasteiger partial charge in [0.25, 0.3) is 0 Å². The molecule has 6 N–H and O–H groups in total. The van der Waals surface area contributed by atoms with Crippen LogP contribution in [0.2, 0.25) is 0 Å². The van der Waals surface area contributed by atoms with E-state index in [9.17, 15) is 28.8 Å². The van der Waals surface area contributed by atoms with Gasteiger partial charge in [-0.3, -0.25) is 24.0 Å². The highest BCUT2D eigenvalue weighted by Crippen LogP contribution is 2.08. The number of amides is 4. The third kappa shape index (κ3) is 32.0. The molecule has 0 aromatic rings. The molecule has 0 bridgehead atoms. The van der Waals surface area contributed by atoms with Gasteiger partial charge >= 0.3 is 11.9 Å². The topological polar surface area (TPSA) is 268 Å². The van der Waals surface area contributed by atoms with Crippen LogP contribution >= 0.6 is 0 Å². The van der Waals surface area contributed by atoms with Crippen molar-refractivity contribution >= 4 is 35.6 Å². The van der Waals surface area contributed by atoms with Crippen molar-refractivity contribution in [3.05, 3.63) is 0 Å². The van der Waals surface area contributed by atoms with E-state index in [1.807, 2.05) is 20.8 Å². The molecule has 0 saturated carbocycles. The lowest BCUT2D eigenvalue weighted by atomic mass is 10.1. The number of hydrogen-bond donors (Lipinski definition) is 5. The fraction of sp³-hybridized carbons (Fsp3) is 0.824. The molecule has 4 amide bonds. The lowest BCUT2D eigenvalue weighted by molar-refractivity contribution is -0.156. The Morgan fingerprint density at radius 2 is 0.870 bits per heavy atom. The van der Waals surface area contributed by atoms with Gasteiger partial charge in [-0.05, 0) is 34.6 Å². The van der Waals surface area contributed by atoms with Crippen LogP contribution in [0.4, 0.5) is 0 Å². The number of nitrogens with two attached hydrogens (primary N) is 1. The minimum absolute atomic E-state index is 0.0162. The molecule has 0 fully saturated rings. The van der Waals surface area contributed by atoms with Gasteiger partial charge in [0.05, 0.1) is 119 Å². The Labute approximate surface area is 317 Å². The highest BCUT2D eigenvalue weighted by Gasteiger charge is 2.26. The third-order valence-corrected chi connectivity index (χ3v) is 6.49. The summed E-state index contributed by atoms with van der Waals surface area (Å²) in [4.78, 5) is 70.4. The second-order valence-electron chi connectivity index (χ2n) is 12.6. The van der Waals surface area contributed by atoms with Crippen molar-refractivity contribution in [2.45, 2.75) is 77.6 Å². The van der Waals surface area contributed by atoms with E-state index in [-0.39, 0.29) is 32.0 Å². The maximum Gasteiger partial charge on any atom is 0.326 e. The third-order valence-electron chi connectivity index (χ3n) is 6.49. The van der Waals surface area contributed by atoms with E-state index in [0.29, 0.717) is 92.5 Å². The number of carbonyl (C=O) groups is 6. The number of ether oxygens (including phenoxy) is 9. The minimum Gasteiger partial charge on any atom is -0.480 e. The van der Waals surface area contributed by atoms with Crippen LogP contribution in [-0.4, -0.2) is 170 Å². The van der Waals surface area contributed by atoms with E-state index >= 15 is 0 Å². The number of rotatable bonds is 35. The molecule has 54 heavy (non-hydrogen) atoms. The summed E-state index contributed by atoms with van der Waals surface area (Å²) in [5.74, 6) is -4.61. The number of nitrogens with one attached hydrogen (secondary N) is 3. The second-order valence-corrected chi connectivity index (χ2v) is 12.6. The molecule has 3 atom stereocenters. The van der Waals surface area contributed by atoms with Crippen LogP contribution < -0.4 is 21.7 Å². The lowest BCUT2D eigenvalue weighted by Crippen LogP contribution is -2.54. The van der Waals surface area contributed by atoms with Crippen LogP contribution in [0.5, 0.6) is 0 Å². The van der Waals surface area contributed by atoms with Gasteiger partial charge in [-0.1, -0.05) is 0 Å². The number of carboxylic acid groups (broad SMARTS) is 1. The lowest BCUT2D eigenvalue weighted by Gasteiger charge is -2.20. The van der Waals surface area contributed by atoms with Crippen LogP contribution in [0, 0.1) is 0 Å². The van der Waals surface area contributed by atoms with Crippen LogP contribution in [0.3, 0.4) is 0 Å². The van der Waals surface area contributed by atoms with Gasteiger partial charge in [-0.25, -0.2) is 4.79 Å². The quantitative estimate of drug-likeness (QED) is 0.0369. The number of carbonyl (C=O) groups excluding carboxylic acids is 5. The predicted molar refractivity (Wildman–Crippen MR) is 190 cm³/mol. The average Bonchev–Trinajstić information content (AvgIpc) is 3.08. The van der Waals surface area contributed by atoms with Crippen LogP contribution in [-0.2, 0) is 71.4 Å². The number of primary amides is 1. The SMILES string of the molecule is C[C@H](NC(=O)CCOCCOCCOCCOCCOCCOCCOCCOCCC(=O)OC(C)(C)C)C(=O)N[C@@H](C)C(=O)N[C@@H](CC(N)=O)C(=O)O. The summed E-state index contributed by atoms with van der Waals surface area (Å²) in [6, 6.07) is -3.65. The van der Waals surface area contributed by atoms with Gasteiger partial charge in [-0.15, -0.1) is 0 Å². The van der Waals surface area contributed by atoms with E-state index in [4.69, 9.17) is 53.5 Å². The van der Waals surface area contributed by atoms with Crippen molar-refractivity contribution in [2.75, 3.05) is 106 Å². The van der Waals surface area contributed by atoms with Gasteiger partial charge in [0.2, 0.25) is 23.6 Å². The molecule has 314 valence electrons. The first-order valence-electron chi connectivity index (χ1n) is 17.9. The van der Waals surface area contributed by atoms with Crippen LogP contribution in [0.15, 0.2) is 0 Å². The van der Waals surface area contributed by atoms with Gasteiger partial charge in [-0.2, -0.15) is 0 Å². The smallest absolute Gasteiger partial charge is 0.326 e. The molecule has 0 aromatic carbocycles. The van der Waals surface area contributed by atoms with Gasteiger partial charge < -0.3 is 69.4 Å². The average molecular weight is 783 g/mol. The zero-order valence-electron chi connectivity index (χ0n) is 32.3. The number of aliphatic carboxylic acids is 1. The van der Waals surface area contributed by atoms with Gasteiger partial charge in [0.15, 0.2) is 0 Å². The zero-order chi connectivity index (χ0) is 40.6. The first kappa shape index (κ1) is 50.5. The normalized spacial score (nSPS) is 13.1. The first-order chi connectivity index (χ1) is 25.6. The highest BCUT2D eigenvalue weighted by molar-refractivity contribution is 5.94.